The third-order valence-electron chi connectivity index (χ3n) is 3.06. The number of ether oxygens (including phenoxy) is 2. The monoisotopic (exact) mass is 235 g/mol. The summed E-state index contributed by atoms with van der Waals surface area (Å²) < 4.78 is 24.1. The Morgan fingerprint density at radius 2 is 2.12 bits per heavy atom. The fourth-order valence-electron chi connectivity index (χ4n) is 2.10. The summed E-state index contributed by atoms with van der Waals surface area (Å²) in [6, 6.07) is 4.77. The molecular weight excluding hydrogens is 221 g/mol. The van der Waals surface area contributed by atoms with E-state index in [-0.39, 0.29) is 11.7 Å². The van der Waals surface area contributed by atoms with Gasteiger partial charge in [-0.2, -0.15) is 5.26 Å². The van der Waals surface area contributed by atoms with Gasteiger partial charge in [0.25, 0.3) is 0 Å². The Morgan fingerprint density at radius 3 is 2.59 bits per heavy atom. The van der Waals surface area contributed by atoms with Gasteiger partial charge in [-0.3, -0.25) is 0 Å². The van der Waals surface area contributed by atoms with Gasteiger partial charge < -0.3 is 9.47 Å². The molecule has 0 aromatic heterocycles. The molecule has 0 N–H and O–H groups in total. The first-order valence-corrected chi connectivity index (χ1v) is 5.52. The predicted molar refractivity (Wildman–Crippen MR) is 60.1 cm³/mol. The van der Waals surface area contributed by atoms with Gasteiger partial charge in [-0.05, 0) is 30.9 Å². The largest absolute Gasteiger partial charge is 0.495 e. The lowest BCUT2D eigenvalue weighted by Crippen LogP contribution is -2.08. The molecule has 0 radical (unpaired) electrons. The van der Waals surface area contributed by atoms with Gasteiger partial charge in [-0.25, -0.2) is 4.39 Å². The van der Waals surface area contributed by atoms with E-state index in [1.54, 1.807) is 13.2 Å². The third kappa shape index (κ3) is 2.11. The smallest absolute Gasteiger partial charge is 0.145 e. The highest BCUT2D eigenvalue weighted by Gasteiger charge is 2.35. The molecule has 4 heteroatoms. The first-order valence-electron chi connectivity index (χ1n) is 5.52. The summed E-state index contributed by atoms with van der Waals surface area (Å²) >= 11 is 0. The van der Waals surface area contributed by atoms with E-state index in [4.69, 9.17) is 14.7 Å². The Bertz CT molecular complexity index is 463. The quantitative estimate of drug-likeness (QED) is 0.805. The molecule has 0 spiro atoms. The van der Waals surface area contributed by atoms with E-state index in [0.29, 0.717) is 11.7 Å². The van der Waals surface area contributed by atoms with Gasteiger partial charge in [-0.15, -0.1) is 0 Å². The van der Waals surface area contributed by atoms with Crippen molar-refractivity contribution in [2.24, 2.45) is 5.92 Å². The summed E-state index contributed by atoms with van der Waals surface area (Å²) in [5.74, 6) is 0.191. The number of hydrogen-bond donors (Lipinski definition) is 0. The Labute approximate surface area is 99.8 Å². The number of methoxy groups -OCH3 is 2. The van der Waals surface area contributed by atoms with Crippen LogP contribution in [0.25, 0.3) is 0 Å². The van der Waals surface area contributed by atoms with E-state index in [2.05, 4.69) is 0 Å². The molecule has 90 valence electrons. The van der Waals surface area contributed by atoms with E-state index < -0.39 is 5.82 Å². The lowest BCUT2D eigenvalue weighted by molar-refractivity contribution is 0.0822. The summed E-state index contributed by atoms with van der Waals surface area (Å²) in [6.45, 7) is 0. The van der Waals surface area contributed by atoms with Gasteiger partial charge in [0.05, 0.1) is 13.2 Å². The highest BCUT2D eigenvalue weighted by Crippen LogP contribution is 2.46. The van der Waals surface area contributed by atoms with Crippen LogP contribution in [0.5, 0.6) is 5.75 Å². The molecular formula is C13H14FNO2. The first-order chi connectivity index (χ1) is 8.22. The second-order valence-corrected chi connectivity index (χ2v) is 4.15. The molecule has 1 unspecified atom stereocenters. The molecule has 1 fully saturated rings. The normalized spacial score (nSPS) is 16.4. The predicted octanol–water partition coefficient (Wildman–Crippen LogP) is 2.80. The zero-order valence-electron chi connectivity index (χ0n) is 9.87. The average molecular weight is 235 g/mol. The third-order valence-corrected chi connectivity index (χ3v) is 3.06. The van der Waals surface area contributed by atoms with Crippen LogP contribution in [-0.4, -0.2) is 14.2 Å². The molecule has 1 atom stereocenters. The van der Waals surface area contributed by atoms with Gasteiger partial charge in [-0.1, -0.05) is 0 Å². The van der Waals surface area contributed by atoms with Gasteiger partial charge in [0.1, 0.15) is 23.2 Å². The van der Waals surface area contributed by atoms with Gasteiger partial charge in [0, 0.05) is 12.7 Å². The van der Waals surface area contributed by atoms with E-state index in [1.807, 2.05) is 6.07 Å². The molecule has 17 heavy (non-hydrogen) atoms. The molecule has 0 saturated heterocycles. The van der Waals surface area contributed by atoms with Crippen molar-refractivity contribution in [3.05, 3.63) is 29.1 Å². The highest BCUT2D eigenvalue weighted by atomic mass is 19.1. The molecule has 0 aliphatic heterocycles. The van der Waals surface area contributed by atoms with Crippen molar-refractivity contribution in [1.82, 2.24) is 0 Å². The minimum Gasteiger partial charge on any atom is -0.495 e. The minimum atomic E-state index is -0.557. The Morgan fingerprint density at radius 1 is 1.41 bits per heavy atom. The highest BCUT2D eigenvalue weighted by molar-refractivity contribution is 5.50. The topological polar surface area (TPSA) is 42.2 Å². The van der Waals surface area contributed by atoms with E-state index in [9.17, 15) is 4.39 Å². The Hall–Kier alpha value is -1.60. The molecule has 3 nitrogen and oxygen atoms in total. The van der Waals surface area contributed by atoms with Crippen molar-refractivity contribution in [2.45, 2.75) is 18.9 Å². The maximum atomic E-state index is 13.5. The molecule has 1 aromatic carbocycles. The van der Waals surface area contributed by atoms with Gasteiger partial charge in [0.2, 0.25) is 0 Å². The number of rotatable bonds is 4. The number of halogens is 1. The first kappa shape index (κ1) is 11.9. The number of hydrogen-bond acceptors (Lipinski definition) is 3. The van der Waals surface area contributed by atoms with Crippen molar-refractivity contribution in [2.75, 3.05) is 14.2 Å². The van der Waals surface area contributed by atoms with Crippen LogP contribution in [0.4, 0.5) is 4.39 Å². The van der Waals surface area contributed by atoms with Crippen LogP contribution in [0, 0.1) is 23.1 Å². The number of nitrogens with zero attached hydrogens (tertiary/aromatic N) is 1. The molecule has 1 aliphatic carbocycles. The van der Waals surface area contributed by atoms with Crippen LogP contribution in [0.1, 0.15) is 30.1 Å². The number of nitriles is 1. The Kier molecular flexibility index (Phi) is 3.30. The minimum absolute atomic E-state index is 0.0484. The summed E-state index contributed by atoms with van der Waals surface area (Å²) in [7, 11) is 3.07. The van der Waals surface area contributed by atoms with E-state index in [0.717, 1.165) is 18.4 Å². The fraction of sp³-hybridized carbons (Fsp3) is 0.462. The summed E-state index contributed by atoms with van der Waals surface area (Å²) in [5.41, 5.74) is 0.711. The van der Waals surface area contributed by atoms with Crippen molar-refractivity contribution in [3.63, 3.8) is 0 Å². The lowest BCUT2D eigenvalue weighted by Gasteiger charge is -2.19. The number of benzene rings is 1. The molecule has 0 bridgehead atoms. The van der Waals surface area contributed by atoms with Crippen LogP contribution >= 0.6 is 0 Å². The molecule has 0 heterocycles. The van der Waals surface area contributed by atoms with Crippen molar-refractivity contribution < 1.29 is 13.9 Å². The summed E-state index contributed by atoms with van der Waals surface area (Å²) in [5, 5.41) is 8.95. The molecule has 2 rings (SSSR count). The van der Waals surface area contributed by atoms with Crippen LogP contribution in [-0.2, 0) is 4.74 Å². The standard InChI is InChI=1S/C13H14FNO2/c1-16-12(8-3-4-8)9-5-6-11(14)10(7-15)13(9)17-2/h5-6,8,12H,3-4H2,1-2H3. The maximum Gasteiger partial charge on any atom is 0.145 e. The molecule has 1 aliphatic rings. The fourth-order valence-corrected chi connectivity index (χ4v) is 2.10. The van der Waals surface area contributed by atoms with Crippen LogP contribution < -0.4 is 4.74 Å². The molecule has 1 aromatic rings. The SMILES string of the molecule is COc1c(C(OC)C2CC2)ccc(F)c1C#N. The van der Waals surface area contributed by atoms with Crippen molar-refractivity contribution >= 4 is 0 Å². The zero-order valence-corrected chi connectivity index (χ0v) is 9.87. The zero-order chi connectivity index (χ0) is 12.4. The van der Waals surface area contributed by atoms with Crippen molar-refractivity contribution in [3.8, 4) is 11.8 Å². The van der Waals surface area contributed by atoms with Gasteiger partial charge in [0.15, 0.2) is 0 Å². The van der Waals surface area contributed by atoms with Crippen LogP contribution in [0.15, 0.2) is 12.1 Å². The van der Waals surface area contributed by atoms with Crippen LogP contribution in [0.2, 0.25) is 0 Å². The summed E-state index contributed by atoms with van der Waals surface area (Å²) in [4.78, 5) is 0. The van der Waals surface area contributed by atoms with E-state index in [1.165, 1.54) is 13.2 Å². The molecule has 0 amide bonds. The lowest BCUT2D eigenvalue weighted by atomic mass is 10.0. The Balaban J connectivity index is 2.49. The van der Waals surface area contributed by atoms with Gasteiger partial charge >= 0.3 is 0 Å². The second-order valence-electron chi connectivity index (χ2n) is 4.15. The summed E-state index contributed by atoms with van der Waals surface area (Å²) in [6.07, 6.45) is 2.08. The van der Waals surface area contributed by atoms with Crippen LogP contribution in [0.3, 0.4) is 0 Å². The maximum absolute atomic E-state index is 13.5. The molecule has 1 saturated carbocycles. The second kappa shape index (κ2) is 4.72. The average Bonchev–Trinajstić information content (AvgIpc) is 3.15. The van der Waals surface area contributed by atoms with E-state index >= 15 is 0 Å². The van der Waals surface area contributed by atoms with Crippen molar-refractivity contribution in [1.29, 1.82) is 5.26 Å².